The first kappa shape index (κ1) is 15.7. The van der Waals surface area contributed by atoms with Crippen molar-refractivity contribution < 1.29 is 13.9 Å². The molecular formula is C13H18ClFN2O2. The van der Waals surface area contributed by atoms with Gasteiger partial charge in [-0.2, -0.15) is 0 Å². The van der Waals surface area contributed by atoms with E-state index in [2.05, 4.69) is 10.6 Å². The Balaban J connectivity index is 0.00000180. The van der Waals surface area contributed by atoms with E-state index in [0.717, 1.165) is 18.7 Å². The molecule has 0 aromatic heterocycles. The Morgan fingerprint density at radius 1 is 1.53 bits per heavy atom. The summed E-state index contributed by atoms with van der Waals surface area (Å²) in [6.07, 6.45) is 0.618. The van der Waals surface area contributed by atoms with Gasteiger partial charge in [0.15, 0.2) is 11.6 Å². The van der Waals surface area contributed by atoms with Crippen LogP contribution in [-0.2, 0) is 11.2 Å². The predicted octanol–water partition coefficient (Wildman–Crippen LogP) is 1.13. The molecule has 1 fully saturated rings. The van der Waals surface area contributed by atoms with Crippen LogP contribution < -0.4 is 15.4 Å². The van der Waals surface area contributed by atoms with Crippen molar-refractivity contribution in [1.82, 2.24) is 10.6 Å². The number of ether oxygens (including phenoxy) is 1. The van der Waals surface area contributed by atoms with E-state index in [1.165, 1.54) is 13.2 Å². The number of amides is 1. The highest BCUT2D eigenvalue weighted by molar-refractivity contribution is 5.85. The topological polar surface area (TPSA) is 50.4 Å². The molecule has 0 atom stereocenters. The average Bonchev–Trinajstić information content (AvgIpc) is 2.27. The number of nitrogens with one attached hydrogen (secondary N) is 2. The van der Waals surface area contributed by atoms with Crippen LogP contribution >= 0.6 is 12.4 Å². The third-order valence-corrected chi connectivity index (χ3v) is 3.08. The molecule has 106 valence electrons. The second-order valence-electron chi connectivity index (χ2n) is 4.37. The van der Waals surface area contributed by atoms with Crippen molar-refractivity contribution in [2.24, 2.45) is 5.92 Å². The fraction of sp³-hybridized carbons (Fsp3) is 0.462. The van der Waals surface area contributed by atoms with Crippen LogP contribution in [0.15, 0.2) is 18.2 Å². The lowest BCUT2D eigenvalue weighted by molar-refractivity contribution is -0.126. The van der Waals surface area contributed by atoms with E-state index in [-0.39, 0.29) is 35.8 Å². The summed E-state index contributed by atoms with van der Waals surface area (Å²) in [6.45, 7) is 2.03. The Morgan fingerprint density at radius 3 is 2.79 bits per heavy atom. The van der Waals surface area contributed by atoms with Gasteiger partial charge in [0.05, 0.1) is 13.0 Å². The number of methoxy groups -OCH3 is 1. The molecule has 1 aliphatic rings. The van der Waals surface area contributed by atoms with Gasteiger partial charge in [-0.3, -0.25) is 4.79 Å². The number of carbonyl (C=O) groups excluding carboxylic acids is 1. The highest BCUT2D eigenvalue weighted by Gasteiger charge is 2.24. The highest BCUT2D eigenvalue weighted by atomic mass is 35.5. The Bertz CT molecular complexity index is 439. The SMILES string of the molecule is COc1ccc(CCNC(=O)C2CNC2)cc1F.Cl. The second-order valence-corrected chi connectivity index (χ2v) is 4.37. The lowest BCUT2D eigenvalue weighted by Crippen LogP contribution is -2.51. The van der Waals surface area contributed by atoms with Crippen LogP contribution in [0.4, 0.5) is 4.39 Å². The summed E-state index contributed by atoms with van der Waals surface area (Å²) in [5.41, 5.74) is 0.848. The summed E-state index contributed by atoms with van der Waals surface area (Å²) in [5.74, 6) is 0.0354. The van der Waals surface area contributed by atoms with E-state index in [1.807, 2.05) is 0 Å². The Labute approximate surface area is 118 Å². The Hall–Kier alpha value is -1.33. The Morgan fingerprint density at radius 2 is 2.26 bits per heavy atom. The molecule has 19 heavy (non-hydrogen) atoms. The average molecular weight is 289 g/mol. The first-order valence-corrected chi connectivity index (χ1v) is 6.01. The molecule has 0 saturated carbocycles. The molecule has 2 N–H and O–H groups in total. The zero-order valence-electron chi connectivity index (χ0n) is 10.7. The van der Waals surface area contributed by atoms with E-state index in [4.69, 9.17) is 4.74 Å². The van der Waals surface area contributed by atoms with Crippen molar-refractivity contribution in [2.45, 2.75) is 6.42 Å². The van der Waals surface area contributed by atoms with Gasteiger partial charge in [0, 0.05) is 19.6 Å². The maximum Gasteiger partial charge on any atom is 0.225 e. The Kier molecular flexibility index (Phi) is 6.05. The van der Waals surface area contributed by atoms with Gasteiger partial charge < -0.3 is 15.4 Å². The summed E-state index contributed by atoms with van der Waals surface area (Å²) in [4.78, 5) is 11.5. The third-order valence-electron chi connectivity index (χ3n) is 3.08. The standard InChI is InChI=1S/C13H17FN2O2.ClH/c1-18-12-3-2-9(6-11(12)14)4-5-16-13(17)10-7-15-8-10;/h2-3,6,10,15H,4-5,7-8H2,1H3,(H,16,17);1H. The number of benzene rings is 1. The second kappa shape index (κ2) is 7.31. The summed E-state index contributed by atoms with van der Waals surface area (Å²) >= 11 is 0. The van der Waals surface area contributed by atoms with E-state index in [0.29, 0.717) is 13.0 Å². The minimum absolute atomic E-state index is 0. The summed E-state index contributed by atoms with van der Waals surface area (Å²) in [5, 5.41) is 5.89. The van der Waals surface area contributed by atoms with E-state index < -0.39 is 0 Å². The maximum absolute atomic E-state index is 13.4. The quantitative estimate of drug-likeness (QED) is 0.854. The number of carbonyl (C=O) groups is 1. The fourth-order valence-electron chi connectivity index (χ4n) is 1.81. The van der Waals surface area contributed by atoms with Gasteiger partial charge in [0.1, 0.15) is 0 Å². The van der Waals surface area contributed by atoms with Crippen molar-refractivity contribution in [3.05, 3.63) is 29.6 Å². The maximum atomic E-state index is 13.4. The van der Waals surface area contributed by atoms with E-state index in [1.54, 1.807) is 12.1 Å². The largest absolute Gasteiger partial charge is 0.494 e. The molecule has 0 unspecified atom stereocenters. The fourth-order valence-corrected chi connectivity index (χ4v) is 1.81. The number of halogens is 2. The number of hydrogen-bond donors (Lipinski definition) is 2. The highest BCUT2D eigenvalue weighted by Crippen LogP contribution is 2.17. The molecule has 0 aliphatic carbocycles. The van der Waals surface area contributed by atoms with Gasteiger partial charge in [0.25, 0.3) is 0 Å². The molecule has 1 saturated heterocycles. The number of rotatable bonds is 5. The number of hydrogen-bond acceptors (Lipinski definition) is 3. The molecule has 1 aromatic rings. The van der Waals surface area contributed by atoms with Gasteiger partial charge in [-0.25, -0.2) is 4.39 Å². The van der Waals surface area contributed by atoms with Crippen molar-refractivity contribution in [3.63, 3.8) is 0 Å². The molecule has 6 heteroatoms. The molecule has 1 amide bonds. The van der Waals surface area contributed by atoms with Gasteiger partial charge >= 0.3 is 0 Å². The third kappa shape index (κ3) is 4.08. The normalized spacial score (nSPS) is 14.2. The lowest BCUT2D eigenvalue weighted by atomic mass is 10.0. The van der Waals surface area contributed by atoms with Gasteiger partial charge in [-0.15, -0.1) is 12.4 Å². The van der Waals surface area contributed by atoms with Crippen molar-refractivity contribution in [2.75, 3.05) is 26.7 Å². The van der Waals surface area contributed by atoms with Crippen molar-refractivity contribution >= 4 is 18.3 Å². The molecule has 0 bridgehead atoms. The summed E-state index contributed by atoms with van der Waals surface area (Å²) in [6, 6.07) is 4.84. The minimum Gasteiger partial charge on any atom is -0.494 e. The van der Waals surface area contributed by atoms with Crippen molar-refractivity contribution in [1.29, 1.82) is 0 Å². The molecule has 2 rings (SSSR count). The van der Waals surface area contributed by atoms with Crippen molar-refractivity contribution in [3.8, 4) is 5.75 Å². The molecule has 1 heterocycles. The smallest absolute Gasteiger partial charge is 0.225 e. The van der Waals surface area contributed by atoms with Gasteiger partial charge in [0.2, 0.25) is 5.91 Å². The molecule has 4 nitrogen and oxygen atoms in total. The predicted molar refractivity (Wildman–Crippen MR) is 73.3 cm³/mol. The molecular weight excluding hydrogens is 271 g/mol. The molecule has 1 aromatic carbocycles. The van der Waals surface area contributed by atoms with Crippen LogP contribution in [-0.4, -0.2) is 32.7 Å². The van der Waals surface area contributed by atoms with Gasteiger partial charge in [-0.05, 0) is 24.1 Å². The molecule has 0 spiro atoms. The van der Waals surface area contributed by atoms with Crippen LogP contribution in [0.1, 0.15) is 5.56 Å². The van der Waals surface area contributed by atoms with Crippen LogP contribution in [0.3, 0.4) is 0 Å². The van der Waals surface area contributed by atoms with Crippen LogP contribution in [0, 0.1) is 11.7 Å². The van der Waals surface area contributed by atoms with Crippen LogP contribution in [0.25, 0.3) is 0 Å². The minimum atomic E-state index is -0.371. The van der Waals surface area contributed by atoms with Crippen LogP contribution in [0.5, 0.6) is 5.75 Å². The van der Waals surface area contributed by atoms with E-state index >= 15 is 0 Å². The monoisotopic (exact) mass is 288 g/mol. The first-order valence-electron chi connectivity index (χ1n) is 6.01. The van der Waals surface area contributed by atoms with Crippen LogP contribution in [0.2, 0.25) is 0 Å². The summed E-state index contributed by atoms with van der Waals surface area (Å²) in [7, 11) is 1.44. The van der Waals surface area contributed by atoms with Gasteiger partial charge in [-0.1, -0.05) is 6.07 Å². The van der Waals surface area contributed by atoms with E-state index in [9.17, 15) is 9.18 Å². The molecule has 0 radical (unpaired) electrons. The zero-order valence-corrected chi connectivity index (χ0v) is 11.6. The summed E-state index contributed by atoms with van der Waals surface area (Å²) < 4.78 is 18.3. The zero-order chi connectivity index (χ0) is 13.0. The molecule has 1 aliphatic heterocycles. The first-order chi connectivity index (χ1) is 8.70. The lowest BCUT2D eigenvalue weighted by Gasteiger charge is -2.25.